The van der Waals surface area contributed by atoms with Gasteiger partial charge in [0.15, 0.2) is 11.5 Å². The number of fused-ring (bicyclic) bond motifs is 1. The minimum atomic E-state index is -0.361. The second-order valence-electron chi connectivity index (χ2n) is 6.35. The zero-order valence-corrected chi connectivity index (χ0v) is 13.5. The summed E-state index contributed by atoms with van der Waals surface area (Å²) in [6.45, 7) is 3.69. The lowest BCUT2D eigenvalue weighted by atomic mass is 9.64. The monoisotopic (exact) mass is 311 g/mol. The first-order valence-corrected chi connectivity index (χ1v) is 8.24. The van der Waals surface area contributed by atoms with Gasteiger partial charge < -0.3 is 14.4 Å². The summed E-state index contributed by atoms with van der Waals surface area (Å²) < 4.78 is 11.7. The SMILES string of the molecule is CCCN1CCC23C(=CC=CC2Oc2c(OC)cccc23)C1=O. The molecule has 0 radical (unpaired) electrons. The normalized spacial score (nSPS) is 27.7. The third-order valence-electron chi connectivity index (χ3n) is 5.23. The molecule has 0 aromatic heterocycles. The van der Waals surface area contributed by atoms with Crippen molar-refractivity contribution < 1.29 is 14.3 Å². The summed E-state index contributed by atoms with van der Waals surface area (Å²) >= 11 is 0. The lowest BCUT2D eigenvalue weighted by Gasteiger charge is -2.44. The van der Waals surface area contributed by atoms with Crippen LogP contribution in [0.2, 0.25) is 0 Å². The molecule has 1 aromatic carbocycles. The number of benzene rings is 1. The number of ether oxygens (including phenoxy) is 2. The van der Waals surface area contributed by atoms with Crippen molar-refractivity contribution in [2.24, 2.45) is 0 Å². The van der Waals surface area contributed by atoms with E-state index in [2.05, 4.69) is 19.1 Å². The van der Waals surface area contributed by atoms with Gasteiger partial charge in [-0.3, -0.25) is 4.79 Å². The van der Waals surface area contributed by atoms with Crippen molar-refractivity contribution in [1.29, 1.82) is 0 Å². The van der Waals surface area contributed by atoms with Gasteiger partial charge in [-0.2, -0.15) is 0 Å². The molecule has 2 unspecified atom stereocenters. The Kier molecular flexibility index (Phi) is 3.22. The zero-order valence-electron chi connectivity index (χ0n) is 13.5. The maximum absolute atomic E-state index is 13.0. The topological polar surface area (TPSA) is 38.8 Å². The highest BCUT2D eigenvalue weighted by atomic mass is 16.5. The molecule has 2 aliphatic heterocycles. The molecule has 2 heterocycles. The Balaban J connectivity index is 1.85. The molecule has 1 aromatic rings. The molecule has 0 bridgehead atoms. The molecule has 23 heavy (non-hydrogen) atoms. The van der Waals surface area contributed by atoms with Gasteiger partial charge in [-0.25, -0.2) is 0 Å². The number of carbonyl (C=O) groups is 1. The first kappa shape index (κ1) is 14.4. The smallest absolute Gasteiger partial charge is 0.250 e. The van der Waals surface area contributed by atoms with Crippen LogP contribution in [0.4, 0.5) is 0 Å². The van der Waals surface area contributed by atoms with Gasteiger partial charge in [-0.15, -0.1) is 0 Å². The Morgan fingerprint density at radius 2 is 2.30 bits per heavy atom. The summed E-state index contributed by atoms with van der Waals surface area (Å²) in [5.41, 5.74) is 1.58. The third kappa shape index (κ3) is 1.81. The Hall–Kier alpha value is -2.23. The maximum Gasteiger partial charge on any atom is 0.250 e. The van der Waals surface area contributed by atoms with Crippen molar-refractivity contribution in [3.63, 3.8) is 0 Å². The Labute approximate surface area is 136 Å². The van der Waals surface area contributed by atoms with Crippen LogP contribution in [0.5, 0.6) is 11.5 Å². The fourth-order valence-corrected chi connectivity index (χ4v) is 4.17. The summed E-state index contributed by atoms with van der Waals surface area (Å²) in [5.74, 6) is 1.67. The highest BCUT2D eigenvalue weighted by Crippen LogP contribution is 2.56. The van der Waals surface area contributed by atoms with Crippen LogP contribution in [0.15, 0.2) is 42.0 Å². The molecule has 1 aliphatic carbocycles. The average Bonchev–Trinajstić information content (AvgIpc) is 2.91. The number of methoxy groups -OCH3 is 1. The Bertz CT molecular complexity index is 721. The number of carbonyl (C=O) groups excluding carboxylic acids is 1. The van der Waals surface area contributed by atoms with Crippen molar-refractivity contribution >= 4 is 5.91 Å². The van der Waals surface area contributed by atoms with Crippen LogP contribution < -0.4 is 9.47 Å². The van der Waals surface area contributed by atoms with Crippen LogP contribution in [-0.4, -0.2) is 37.1 Å². The van der Waals surface area contributed by atoms with E-state index in [0.29, 0.717) is 0 Å². The fourth-order valence-electron chi connectivity index (χ4n) is 4.17. The molecule has 1 fully saturated rings. The number of piperidine rings is 1. The maximum atomic E-state index is 13.0. The van der Waals surface area contributed by atoms with E-state index >= 15 is 0 Å². The molecule has 120 valence electrons. The van der Waals surface area contributed by atoms with Gasteiger partial charge in [0.25, 0.3) is 5.91 Å². The molecule has 2 atom stereocenters. The lowest BCUT2D eigenvalue weighted by molar-refractivity contribution is -0.130. The van der Waals surface area contributed by atoms with E-state index in [-0.39, 0.29) is 17.4 Å². The summed E-state index contributed by atoms with van der Waals surface area (Å²) in [5, 5.41) is 0. The number of hydrogen-bond acceptors (Lipinski definition) is 3. The Morgan fingerprint density at radius 3 is 3.09 bits per heavy atom. The van der Waals surface area contributed by atoms with Gasteiger partial charge in [-0.05, 0) is 25.0 Å². The molecular weight excluding hydrogens is 290 g/mol. The van der Waals surface area contributed by atoms with Gasteiger partial charge in [0.05, 0.1) is 12.5 Å². The van der Waals surface area contributed by atoms with Gasteiger partial charge in [0.1, 0.15) is 6.10 Å². The van der Waals surface area contributed by atoms with E-state index in [4.69, 9.17) is 9.47 Å². The molecule has 4 rings (SSSR count). The first-order valence-electron chi connectivity index (χ1n) is 8.24. The predicted molar refractivity (Wildman–Crippen MR) is 87.8 cm³/mol. The lowest BCUT2D eigenvalue weighted by Crippen LogP contribution is -2.53. The number of nitrogens with zero attached hydrogens (tertiary/aromatic N) is 1. The molecule has 1 spiro atoms. The summed E-state index contributed by atoms with van der Waals surface area (Å²) in [7, 11) is 1.65. The standard InChI is InChI=1S/C19H21NO3/c1-3-11-20-12-10-19-13-6-4-8-15(22-2)17(13)23-16(19)9-5-7-14(19)18(20)21/h4-9,16H,3,10-12H2,1-2H3. The second kappa shape index (κ2) is 5.15. The van der Waals surface area contributed by atoms with E-state index in [1.807, 2.05) is 29.2 Å². The van der Waals surface area contributed by atoms with Crippen LogP contribution in [0.1, 0.15) is 25.3 Å². The first-order chi connectivity index (χ1) is 11.2. The third-order valence-corrected chi connectivity index (χ3v) is 5.23. The summed E-state index contributed by atoms with van der Waals surface area (Å²) in [4.78, 5) is 15.0. The van der Waals surface area contributed by atoms with Crippen LogP contribution in [0, 0.1) is 0 Å². The van der Waals surface area contributed by atoms with Gasteiger partial charge in [-0.1, -0.05) is 31.2 Å². The van der Waals surface area contributed by atoms with Crippen molar-refractivity contribution in [3.8, 4) is 11.5 Å². The predicted octanol–water partition coefficient (Wildman–Crippen LogP) is 2.83. The van der Waals surface area contributed by atoms with Gasteiger partial charge in [0.2, 0.25) is 0 Å². The highest BCUT2D eigenvalue weighted by Gasteiger charge is 2.56. The van der Waals surface area contributed by atoms with E-state index in [0.717, 1.165) is 48.6 Å². The van der Waals surface area contributed by atoms with Crippen molar-refractivity contribution in [2.75, 3.05) is 20.2 Å². The number of para-hydroxylation sites is 1. The molecule has 4 nitrogen and oxygen atoms in total. The zero-order chi connectivity index (χ0) is 16.0. The molecule has 1 amide bonds. The van der Waals surface area contributed by atoms with Crippen LogP contribution in [0.3, 0.4) is 0 Å². The molecule has 3 aliphatic rings. The number of hydrogen-bond donors (Lipinski definition) is 0. The number of amides is 1. The van der Waals surface area contributed by atoms with E-state index < -0.39 is 0 Å². The van der Waals surface area contributed by atoms with Gasteiger partial charge in [0, 0.05) is 24.2 Å². The minimum absolute atomic E-state index is 0.124. The van der Waals surface area contributed by atoms with Crippen LogP contribution in [0.25, 0.3) is 0 Å². The fraction of sp³-hybridized carbons (Fsp3) is 0.421. The van der Waals surface area contributed by atoms with Crippen molar-refractivity contribution in [1.82, 2.24) is 4.90 Å². The number of allylic oxidation sites excluding steroid dienone is 2. The molecule has 4 heteroatoms. The quantitative estimate of drug-likeness (QED) is 0.861. The van der Waals surface area contributed by atoms with Crippen molar-refractivity contribution in [2.45, 2.75) is 31.3 Å². The molecule has 0 saturated carbocycles. The average molecular weight is 311 g/mol. The highest BCUT2D eigenvalue weighted by molar-refractivity contribution is 5.99. The largest absolute Gasteiger partial charge is 0.493 e. The van der Waals surface area contributed by atoms with Crippen LogP contribution >= 0.6 is 0 Å². The minimum Gasteiger partial charge on any atom is -0.493 e. The van der Waals surface area contributed by atoms with E-state index in [9.17, 15) is 4.79 Å². The summed E-state index contributed by atoms with van der Waals surface area (Å²) in [6, 6.07) is 5.97. The molecular formula is C19H21NO3. The summed E-state index contributed by atoms with van der Waals surface area (Å²) in [6.07, 6.45) is 7.72. The number of likely N-dealkylation sites (tertiary alicyclic amines) is 1. The number of rotatable bonds is 3. The molecule has 0 N–H and O–H groups in total. The van der Waals surface area contributed by atoms with E-state index in [1.54, 1.807) is 7.11 Å². The van der Waals surface area contributed by atoms with Crippen molar-refractivity contribution in [3.05, 3.63) is 47.6 Å². The second-order valence-corrected chi connectivity index (χ2v) is 6.35. The molecule has 1 saturated heterocycles. The van der Waals surface area contributed by atoms with Crippen LogP contribution in [-0.2, 0) is 10.2 Å². The van der Waals surface area contributed by atoms with Gasteiger partial charge >= 0.3 is 0 Å². The Morgan fingerprint density at radius 1 is 1.43 bits per heavy atom. The van der Waals surface area contributed by atoms with E-state index in [1.165, 1.54) is 0 Å².